The number of nitrogens with one attached hydrogen (secondary N) is 1. The molecule has 0 aliphatic rings. The standard InChI is InChI=1S/C23H29NO7/c1-15(17-6-8-19(21(12-17)28-4)30-11-10-27-3)24-23(26)14-31-20-9-7-18(16(2)25)13-22(20)29-5/h6-9,12-13,15H,10-11,14H2,1-5H3,(H,24,26). The number of hydrogen-bond donors (Lipinski definition) is 1. The molecule has 0 fully saturated rings. The van der Waals surface area contributed by atoms with E-state index in [4.69, 9.17) is 23.7 Å². The van der Waals surface area contributed by atoms with E-state index in [9.17, 15) is 9.59 Å². The summed E-state index contributed by atoms with van der Waals surface area (Å²) in [5, 5.41) is 2.88. The molecule has 0 radical (unpaired) electrons. The fourth-order valence-corrected chi connectivity index (χ4v) is 2.82. The molecule has 1 amide bonds. The average Bonchev–Trinajstić information content (AvgIpc) is 2.77. The van der Waals surface area contributed by atoms with Crippen LogP contribution in [0.4, 0.5) is 0 Å². The van der Waals surface area contributed by atoms with Gasteiger partial charge in [0.15, 0.2) is 35.4 Å². The van der Waals surface area contributed by atoms with Gasteiger partial charge in [0.05, 0.1) is 26.9 Å². The summed E-state index contributed by atoms with van der Waals surface area (Å²) in [7, 11) is 4.64. The molecule has 8 nitrogen and oxygen atoms in total. The zero-order chi connectivity index (χ0) is 22.8. The first-order valence-corrected chi connectivity index (χ1v) is 9.80. The highest BCUT2D eigenvalue weighted by Gasteiger charge is 2.15. The number of amides is 1. The van der Waals surface area contributed by atoms with Gasteiger partial charge in [-0.05, 0) is 49.7 Å². The minimum Gasteiger partial charge on any atom is -0.493 e. The Morgan fingerprint density at radius 3 is 2.16 bits per heavy atom. The summed E-state index contributed by atoms with van der Waals surface area (Å²) in [6.45, 7) is 4.01. The molecule has 2 rings (SSSR count). The van der Waals surface area contributed by atoms with Crippen LogP contribution >= 0.6 is 0 Å². The number of benzene rings is 2. The van der Waals surface area contributed by atoms with Gasteiger partial charge < -0.3 is 29.0 Å². The Morgan fingerprint density at radius 1 is 0.871 bits per heavy atom. The number of carbonyl (C=O) groups excluding carboxylic acids is 2. The maximum atomic E-state index is 12.4. The highest BCUT2D eigenvalue weighted by Crippen LogP contribution is 2.31. The molecule has 0 bridgehead atoms. The predicted octanol–water partition coefficient (Wildman–Crippen LogP) is 3.19. The van der Waals surface area contributed by atoms with Gasteiger partial charge in [-0.3, -0.25) is 9.59 Å². The van der Waals surface area contributed by atoms with Gasteiger partial charge in [-0.2, -0.15) is 0 Å². The number of ketones is 1. The van der Waals surface area contributed by atoms with Crippen molar-refractivity contribution in [1.82, 2.24) is 5.32 Å². The minimum absolute atomic E-state index is 0.0815. The Hall–Kier alpha value is -3.26. The summed E-state index contributed by atoms with van der Waals surface area (Å²) >= 11 is 0. The average molecular weight is 431 g/mol. The number of ether oxygens (including phenoxy) is 5. The molecule has 0 aromatic heterocycles. The topological polar surface area (TPSA) is 92.3 Å². The van der Waals surface area contributed by atoms with Crippen LogP contribution in [0.2, 0.25) is 0 Å². The number of Topliss-reactive ketones (excluding diaryl/α,β-unsaturated/α-hetero) is 1. The number of carbonyl (C=O) groups is 2. The van der Waals surface area contributed by atoms with Gasteiger partial charge in [0, 0.05) is 12.7 Å². The second kappa shape index (κ2) is 11.8. The molecule has 8 heteroatoms. The molecule has 0 saturated heterocycles. The van der Waals surface area contributed by atoms with E-state index < -0.39 is 0 Å². The number of rotatable bonds is 12. The molecule has 31 heavy (non-hydrogen) atoms. The van der Waals surface area contributed by atoms with E-state index in [0.717, 1.165) is 5.56 Å². The summed E-state index contributed by atoms with van der Waals surface area (Å²) in [5.74, 6) is 1.57. The van der Waals surface area contributed by atoms with E-state index in [1.54, 1.807) is 38.5 Å². The molecule has 1 N–H and O–H groups in total. The van der Waals surface area contributed by atoms with Crippen LogP contribution in [0.15, 0.2) is 36.4 Å². The van der Waals surface area contributed by atoms with Crippen molar-refractivity contribution in [3.63, 3.8) is 0 Å². The van der Waals surface area contributed by atoms with E-state index in [2.05, 4.69) is 5.32 Å². The van der Waals surface area contributed by atoms with E-state index in [0.29, 0.717) is 41.8 Å². The maximum Gasteiger partial charge on any atom is 0.258 e. The zero-order valence-electron chi connectivity index (χ0n) is 18.5. The van der Waals surface area contributed by atoms with Crippen LogP contribution in [0, 0.1) is 0 Å². The van der Waals surface area contributed by atoms with Crippen LogP contribution in [0.3, 0.4) is 0 Å². The first-order chi connectivity index (χ1) is 14.9. The second-order valence-corrected chi connectivity index (χ2v) is 6.75. The molecule has 0 saturated carbocycles. The monoisotopic (exact) mass is 431 g/mol. The Kier molecular flexibility index (Phi) is 9.14. The predicted molar refractivity (Wildman–Crippen MR) is 115 cm³/mol. The van der Waals surface area contributed by atoms with Gasteiger partial charge >= 0.3 is 0 Å². The smallest absolute Gasteiger partial charge is 0.258 e. The maximum absolute atomic E-state index is 12.4. The van der Waals surface area contributed by atoms with Gasteiger partial charge in [-0.25, -0.2) is 0 Å². The Morgan fingerprint density at radius 2 is 1.52 bits per heavy atom. The normalized spacial score (nSPS) is 11.4. The molecule has 1 atom stereocenters. The summed E-state index contributed by atoms with van der Waals surface area (Å²) in [5.41, 5.74) is 1.36. The number of hydrogen-bond acceptors (Lipinski definition) is 7. The van der Waals surface area contributed by atoms with Crippen molar-refractivity contribution in [3.8, 4) is 23.0 Å². The van der Waals surface area contributed by atoms with Crippen molar-refractivity contribution in [1.29, 1.82) is 0 Å². The third-order valence-corrected chi connectivity index (χ3v) is 4.54. The lowest BCUT2D eigenvalue weighted by Crippen LogP contribution is -2.31. The Bertz CT molecular complexity index is 897. The molecular weight excluding hydrogens is 402 g/mol. The van der Waals surface area contributed by atoms with Crippen LogP contribution in [0.5, 0.6) is 23.0 Å². The lowest BCUT2D eigenvalue weighted by molar-refractivity contribution is -0.123. The molecule has 2 aromatic rings. The van der Waals surface area contributed by atoms with Crippen molar-refractivity contribution >= 4 is 11.7 Å². The lowest BCUT2D eigenvalue weighted by atomic mass is 10.1. The molecule has 1 unspecified atom stereocenters. The van der Waals surface area contributed by atoms with E-state index >= 15 is 0 Å². The van der Waals surface area contributed by atoms with Gasteiger partial charge in [0.25, 0.3) is 5.91 Å². The van der Waals surface area contributed by atoms with E-state index in [1.807, 2.05) is 19.1 Å². The third kappa shape index (κ3) is 6.89. The van der Waals surface area contributed by atoms with E-state index in [-0.39, 0.29) is 24.3 Å². The fourth-order valence-electron chi connectivity index (χ4n) is 2.82. The fraction of sp³-hybridized carbons (Fsp3) is 0.391. The van der Waals surface area contributed by atoms with Crippen LogP contribution in [0.25, 0.3) is 0 Å². The van der Waals surface area contributed by atoms with Crippen molar-refractivity contribution in [2.24, 2.45) is 0 Å². The molecular formula is C23H29NO7. The molecule has 0 heterocycles. The largest absolute Gasteiger partial charge is 0.493 e. The first-order valence-electron chi connectivity index (χ1n) is 9.80. The van der Waals surface area contributed by atoms with Gasteiger partial charge in [0.1, 0.15) is 6.61 Å². The van der Waals surface area contributed by atoms with Gasteiger partial charge in [-0.1, -0.05) is 6.07 Å². The second-order valence-electron chi connectivity index (χ2n) is 6.75. The summed E-state index contributed by atoms with van der Waals surface area (Å²) in [6.07, 6.45) is 0. The zero-order valence-corrected chi connectivity index (χ0v) is 18.5. The van der Waals surface area contributed by atoms with Crippen molar-refractivity contribution in [3.05, 3.63) is 47.5 Å². The SMILES string of the molecule is COCCOc1ccc(C(C)NC(=O)COc2ccc(C(C)=O)cc2OC)cc1OC. The van der Waals surface area contributed by atoms with E-state index in [1.165, 1.54) is 14.0 Å². The van der Waals surface area contributed by atoms with Crippen molar-refractivity contribution in [2.75, 3.05) is 41.2 Å². The first kappa shape index (κ1) is 24.0. The lowest BCUT2D eigenvalue weighted by Gasteiger charge is -2.18. The van der Waals surface area contributed by atoms with Crippen LogP contribution in [-0.4, -0.2) is 52.8 Å². The van der Waals surface area contributed by atoms with Crippen molar-refractivity contribution in [2.45, 2.75) is 19.9 Å². The molecule has 0 spiro atoms. The highest BCUT2D eigenvalue weighted by molar-refractivity contribution is 5.94. The summed E-state index contributed by atoms with van der Waals surface area (Å²) < 4.78 is 26.8. The third-order valence-electron chi connectivity index (χ3n) is 4.54. The van der Waals surface area contributed by atoms with Crippen molar-refractivity contribution < 1.29 is 33.3 Å². The van der Waals surface area contributed by atoms with Gasteiger partial charge in [-0.15, -0.1) is 0 Å². The minimum atomic E-state index is -0.301. The van der Waals surface area contributed by atoms with Gasteiger partial charge in [0.2, 0.25) is 0 Å². The van der Waals surface area contributed by atoms with Crippen LogP contribution in [-0.2, 0) is 9.53 Å². The molecule has 0 aliphatic carbocycles. The molecule has 2 aromatic carbocycles. The number of methoxy groups -OCH3 is 3. The molecule has 168 valence electrons. The Labute approximate surface area is 182 Å². The summed E-state index contributed by atoms with van der Waals surface area (Å²) in [4.78, 5) is 23.9. The quantitative estimate of drug-likeness (QED) is 0.408. The molecule has 0 aliphatic heterocycles. The van der Waals surface area contributed by atoms with Crippen LogP contribution in [0.1, 0.15) is 35.8 Å². The van der Waals surface area contributed by atoms with Crippen LogP contribution < -0.4 is 24.3 Å². The highest BCUT2D eigenvalue weighted by atomic mass is 16.5. The Balaban J connectivity index is 1.97. The summed E-state index contributed by atoms with van der Waals surface area (Å²) in [6, 6.07) is 10.0.